The largest absolute Gasteiger partial charge is 0.497 e. The maximum atomic E-state index is 12.7. The Morgan fingerprint density at radius 2 is 2.08 bits per heavy atom. The molecule has 0 aliphatic carbocycles. The SMILES string of the molecule is COc1ccc2c(C(=O)N[C@H]3C[C@H]4CCC[C@@H](C3)N4C)nsc2c1. The second-order valence-electron chi connectivity index (χ2n) is 6.94. The molecule has 4 rings (SSSR count). The highest BCUT2D eigenvalue weighted by molar-refractivity contribution is 7.13. The van der Waals surface area contributed by atoms with E-state index in [-0.39, 0.29) is 11.9 Å². The van der Waals surface area contributed by atoms with Crippen LogP contribution in [0.4, 0.5) is 0 Å². The number of hydrogen-bond acceptors (Lipinski definition) is 5. The highest BCUT2D eigenvalue weighted by Gasteiger charge is 2.36. The summed E-state index contributed by atoms with van der Waals surface area (Å²) in [6, 6.07) is 7.23. The Labute approximate surface area is 146 Å². The van der Waals surface area contributed by atoms with Gasteiger partial charge in [-0.25, -0.2) is 0 Å². The minimum atomic E-state index is -0.0426. The smallest absolute Gasteiger partial charge is 0.271 e. The van der Waals surface area contributed by atoms with E-state index in [1.54, 1.807) is 7.11 Å². The number of carbonyl (C=O) groups excluding carboxylic acids is 1. The first-order chi connectivity index (χ1) is 11.7. The predicted octanol–water partition coefficient (Wildman–Crippen LogP) is 3.05. The Bertz CT molecular complexity index is 746. The number of aromatic nitrogens is 1. The van der Waals surface area contributed by atoms with Crippen LogP contribution in [0.3, 0.4) is 0 Å². The first kappa shape index (κ1) is 15.8. The summed E-state index contributed by atoms with van der Waals surface area (Å²) in [5.74, 6) is 0.750. The van der Waals surface area contributed by atoms with Gasteiger partial charge >= 0.3 is 0 Å². The molecular weight excluding hydrogens is 322 g/mol. The standard InChI is InChI=1S/C18H23N3O2S/c1-21-12-4-3-5-13(21)9-11(8-12)19-18(22)17-15-7-6-14(23-2)10-16(15)24-20-17/h6-7,10-13H,3-5,8-9H2,1-2H3,(H,19,22)/t11-,12+,13-. The maximum absolute atomic E-state index is 12.7. The van der Waals surface area contributed by atoms with Gasteiger partial charge in [-0.2, -0.15) is 4.37 Å². The molecule has 0 unspecified atom stereocenters. The number of amides is 1. The Kier molecular flexibility index (Phi) is 4.18. The van der Waals surface area contributed by atoms with Gasteiger partial charge in [0.2, 0.25) is 0 Å². The molecule has 6 heteroatoms. The van der Waals surface area contributed by atoms with Gasteiger partial charge in [-0.1, -0.05) is 6.42 Å². The van der Waals surface area contributed by atoms with Gasteiger partial charge in [-0.3, -0.25) is 4.79 Å². The monoisotopic (exact) mass is 345 g/mol. The van der Waals surface area contributed by atoms with Crippen LogP contribution in [0.25, 0.3) is 10.1 Å². The van der Waals surface area contributed by atoms with E-state index in [0.717, 1.165) is 28.7 Å². The van der Waals surface area contributed by atoms with Crippen molar-refractivity contribution in [2.45, 2.75) is 50.2 Å². The van der Waals surface area contributed by atoms with E-state index >= 15 is 0 Å². The number of nitrogens with one attached hydrogen (secondary N) is 1. The molecule has 2 aliphatic heterocycles. The average molecular weight is 345 g/mol. The summed E-state index contributed by atoms with van der Waals surface area (Å²) >= 11 is 1.35. The van der Waals surface area contributed by atoms with Gasteiger partial charge in [-0.05, 0) is 62.5 Å². The molecular formula is C18H23N3O2S. The van der Waals surface area contributed by atoms with Gasteiger partial charge in [0.15, 0.2) is 0 Å². The van der Waals surface area contributed by atoms with Crippen molar-refractivity contribution in [3.05, 3.63) is 23.9 Å². The summed E-state index contributed by atoms with van der Waals surface area (Å²) in [5, 5.41) is 4.15. The number of rotatable bonds is 3. The molecule has 2 aliphatic rings. The summed E-state index contributed by atoms with van der Waals surface area (Å²) < 4.78 is 10.6. The number of methoxy groups -OCH3 is 1. The molecule has 2 bridgehead atoms. The van der Waals surface area contributed by atoms with Crippen molar-refractivity contribution in [3.8, 4) is 5.75 Å². The van der Waals surface area contributed by atoms with Crippen LogP contribution >= 0.6 is 11.5 Å². The first-order valence-corrected chi connectivity index (χ1v) is 9.39. The fourth-order valence-electron chi connectivity index (χ4n) is 4.20. The molecule has 3 heterocycles. The molecule has 24 heavy (non-hydrogen) atoms. The van der Waals surface area contributed by atoms with Crippen molar-refractivity contribution >= 4 is 27.5 Å². The lowest BCUT2D eigenvalue weighted by Gasteiger charge is -2.47. The molecule has 1 amide bonds. The zero-order chi connectivity index (χ0) is 16.7. The van der Waals surface area contributed by atoms with Crippen molar-refractivity contribution in [2.75, 3.05) is 14.2 Å². The minimum Gasteiger partial charge on any atom is -0.497 e. The number of ether oxygens (including phenoxy) is 1. The Balaban J connectivity index is 1.50. The number of hydrogen-bond donors (Lipinski definition) is 1. The van der Waals surface area contributed by atoms with E-state index in [1.807, 2.05) is 18.2 Å². The lowest BCUT2D eigenvalue weighted by molar-refractivity contribution is 0.0462. The van der Waals surface area contributed by atoms with E-state index < -0.39 is 0 Å². The van der Waals surface area contributed by atoms with Gasteiger partial charge in [0, 0.05) is 23.5 Å². The molecule has 1 aromatic heterocycles. The summed E-state index contributed by atoms with van der Waals surface area (Å²) in [6.45, 7) is 0. The topological polar surface area (TPSA) is 54.5 Å². The van der Waals surface area contributed by atoms with Crippen LogP contribution in [-0.4, -0.2) is 47.5 Å². The van der Waals surface area contributed by atoms with Crippen LogP contribution in [0.5, 0.6) is 5.75 Å². The van der Waals surface area contributed by atoms with Crippen LogP contribution in [0.1, 0.15) is 42.6 Å². The number of carbonyl (C=O) groups is 1. The van der Waals surface area contributed by atoms with Crippen molar-refractivity contribution in [3.63, 3.8) is 0 Å². The van der Waals surface area contributed by atoms with Gasteiger partial charge < -0.3 is 15.0 Å². The molecule has 1 N–H and O–H groups in total. The van der Waals surface area contributed by atoms with Gasteiger partial charge in [0.05, 0.1) is 11.8 Å². The van der Waals surface area contributed by atoms with Crippen LogP contribution in [0.2, 0.25) is 0 Å². The van der Waals surface area contributed by atoms with E-state index in [4.69, 9.17) is 4.74 Å². The van der Waals surface area contributed by atoms with Crippen LogP contribution in [0, 0.1) is 0 Å². The highest BCUT2D eigenvalue weighted by Crippen LogP contribution is 2.33. The molecule has 128 valence electrons. The number of benzene rings is 1. The van der Waals surface area contributed by atoms with Crippen LogP contribution in [-0.2, 0) is 0 Å². The maximum Gasteiger partial charge on any atom is 0.271 e. The second-order valence-corrected chi connectivity index (χ2v) is 7.74. The average Bonchev–Trinajstić information content (AvgIpc) is 2.98. The third-order valence-electron chi connectivity index (χ3n) is 5.57. The second kappa shape index (κ2) is 6.33. The molecule has 5 nitrogen and oxygen atoms in total. The van der Waals surface area contributed by atoms with E-state index in [2.05, 4.69) is 21.6 Å². The predicted molar refractivity (Wildman–Crippen MR) is 95.9 cm³/mol. The van der Waals surface area contributed by atoms with Crippen molar-refractivity contribution in [1.29, 1.82) is 0 Å². The molecule has 2 fully saturated rings. The fourth-order valence-corrected chi connectivity index (χ4v) is 5.00. The Morgan fingerprint density at radius 1 is 1.33 bits per heavy atom. The molecule has 1 aromatic carbocycles. The zero-order valence-electron chi connectivity index (χ0n) is 14.1. The third-order valence-corrected chi connectivity index (χ3v) is 6.38. The van der Waals surface area contributed by atoms with Gasteiger partial charge in [-0.15, -0.1) is 0 Å². The molecule has 2 saturated heterocycles. The van der Waals surface area contributed by atoms with E-state index in [0.29, 0.717) is 17.8 Å². The Hall–Kier alpha value is -1.66. The van der Waals surface area contributed by atoms with Crippen molar-refractivity contribution in [1.82, 2.24) is 14.6 Å². The van der Waals surface area contributed by atoms with Crippen LogP contribution in [0.15, 0.2) is 18.2 Å². The van der Waals surface area contributed by atoms with Gasteiger partial charge in [0.1, 0.15) is 11.4 Å². The molecule has 2 aromatic rings. The lowest BCUT2D eigenvalue weighted by Crippen LogP contribution is -2.55. The quantitative estimate of drug-likeness (QED) is 0.929. The number of fused-ring (bicyclic) bond motifs is 3. The van der Waals surface area contributed by atoms with Gasteiger partial charge in [0.25, 0.3) is 5.91 Å². The lowest BCUT2D eigenvalue weighted by atomic mass is 9.82. The normalized spacial score (nSPS) is 27.2. The first-order valence-electron chi connectivity index (χ1n) is 8.62. The van der Waals surface area contributed by atoms with E-state index in [1.165, 1.54) is 30.8 Å². The number of piperidine rings is 2. The summed E-state index contributed by atoms with van der Waals surface area (Å²) in [7, 11) is 3.88. The zero-order valence-corrected chi connectivity index (χ0v) is 14.9. The third kappa shape index (κ3) is 2.78. The molecule has 0 spiro atoms. The highest BCUT2D eigenvalue weighted by atomic mass is 32.1. The summed E-state index contributed by atoms with van der Waals surface area (Å²) in [6.07, 6.45) is 5.92. The Morgan fingerprint density at radius 3 is 2.79 bits per heavy atom. The molecule has 3 atom stereocenters. The number of nitrogens with zero attached hydrogens (tertiary/aromatic N) is 2. The summed E-state index contributed by atoms with van der Waals surface area (Å²) in [5.41, 5.74) is 0.543. The molecule has 0 saturated carbocycles. The summed E-state index contributed by atoms with van der Waals surface area (Å²) in [4.78, 5) is 15.2. The molecule has 0 radical (unpaired) electrons. The van der Waals surface area contributed by atoms with Crippen LogP contribution < -0.4 is 10.1 Å². The van der Waals surface area contributed by atoms with Crippen molar-refractivity contribution in [2.24, 2.45) is 0 Å². The van der Waals surface area contributed by atoms with Crippen molar-refractivity contribution < 1.29 is 9.53 Å². The van der Waals surface area contributed by atoms with E-state index in [9.17, 15) is 4.79 Å². The minimum absolute atomic E-state index is 0.0426. The fraction of sp³-hybridized carbons (Fsp3) is 0.556.